The first-order valence-electron chi connectivity index (χ1n) is 10.1. The third-order valence-electron chi connectivity index (χ3n) is 6.37. The monoisotopic (exact) mass is 360 g/mol. The lowest BCUT2D eigenvalue weighted by Gasteiger charge is -2.30. The van der Waals surface area contributed by atoms with E-state index in [1.54, 1.807) is 7.11 Å². The second-order valence-corrected chi connectivity index (χ2v) is 8.10. The summed E-state index contributed by atoms with van der Waals surface area (Å²) in [5.41, 5.74) is 4.27. The molecule has 2 saturated heterocycles. The zero-order chi connectivity index (χ0) is 17.9. The molecule has 0 amide bonds. The molecule has 1 aromatic rings. The lowest BCUT2D eigenvalue weighted by Crippen LogP contribution is -2.41. The zero-order valence-corrected chi connectivity index (χ0v) is 16.0. The summed E-state index contributed by atoms with van der Waals surface area (Å²) in [5.74, 6) is 1.94. The third-order valence-corrected chi connectivity index (χ3v) is 6.37. The van der Waals surface area contributed by atoms with E-state index >= 15 is 0 Å². The van der Waals surface area contributed by atoms with Crippen molar-refractivity contribution < 1.29 is 14.6 Å². The van der Waals surface area contributed by atoms with Gasteiger partial charge in [-0.15, -0.1) is 0 Å². The van der Waals surface area contributed by atoms with Crippen LogP contribution in [-0.4, -0.2) is 74.6 Å². The van der Waals surface area contributed by atoms with Gasteiger partial charge < -0.3 is 14.6 Å². The van der Waals surface area contributed by atoms with E-state index in [1.165, 1.54) is 36.0 Å². The van der Waals surface area contributed by atoms with Crippen molar-refractivity contribution in [3.8, 4) is 5.75 Å². The largest absolute Gasteiger partial charge is 0.496 e. The van der Waals surface area contributed by atoms with E-state index in [9.17, 15) is 5.11 Å². The normalized spacial score (nSPS) is 27.0. The van der Waals surface area contributed by atoms with Crippen molar-refractivity contribution in [3.63, 3.8) is 0 Å². The van der Waals surface area contributed by atoms with Crippen molar-refractivity contribution in [1.82, 2.24) is 9.80 Å². The molecular weight excluding hydrogens is 328 g/mol. The molecule has 144 valence electrons. The minimum Gasteiger partial charge on any atom is -0.496 e. The smallest absolute Gasteiger partial charge is 0.123 e. The van der Waals surface area contributed by atoms with Crippen LogP contribution in [0.5, 0.6) is 5.75 Å². The Balaban J connectivity index is 1.42. The highest BCUT2D eigenvalue weighted by Gasteiger charge is 2.34. The fourth-order valence-corrected chi connectivity index (χ4v) is 4.90. The van der Waals surface area contributed by atoms with Gasteiger partial charge in [0.2, 0.25) is 0 Å². The summed E-state index contributed by atoms with van der Waals surface area (Å²) in [6, 6.07) is 4.62. The van der Waals surface area contributed by atoms with Gasteiger partial charge in [0, 0.05) is 51.4 Å². The first-order valence-corrected chi connectivity index (χ1v) is 10.1. The summed E-state index contributed by atoms with van der Waals surface area (Å²) in [5, 5.41) is 9.88. The van der Waals surface area contributed by atoms with E-state index in [0.717, 1.165) is 58.2 Å². The highest BCUT2D eigenvalue weighted by Crippen LogP contribution is 2.33. The van der Waals surface area contributed by atoms with Gasteiger partial charge >= 0.3 is 0 Å². The lowest BCUT2D eigenvalue weighted by molar-refractivity contribution is 0.0264. The minimum absolute atomic E-state index is 0.285. The average molecular weight is 360 g/mol. The lowest BCUT2D eigenvalue weighted by atomic mass is 9.96. The molecule has 26 heavy (non-hydrogen) atoms. The Morgan fingerprint density at radius 1 is 1.08 bits per heavy atom. The van der Waals surface area contributed by atoms with Crippen LogP contribution in [-0.2, 0) is 24.1 Å². The molecule has 0 saturated carbocycles. The Morgan fingerprint density at radius 3 is 2.54 bits per heavy atom. The summed E-state index contributed by atoms with van der Waals surface area (Å²) >= 11 is 0. The van der Waals surface area contributed by atoms with Crippen LogP contribution < -0.4 is 4.74 Å². The number of aliphatic hydroxyl groups excluding tert-OH is 1. The highest BCUT2D eigenvalue weighted by atomic mass is 16.5. The van der Waals surface area contributed by atoms with Gasteiger partial charge in [-0.2, -0.15) is 0 Å². The predicted molar refractivity (Wildman–Crippen MR) is 102 cm³/mol. The number of likely N-dealkylation sites (tertiary alicyclic amines) is 1. The third kappa shape index (κ3) is 3.91. The van der Waals surface area contributed by atoms with E-state index in [4.69, 9.17) is 9.47 Å². The van der Waals surface area contributed by atoms with Gasteiger partial charge in [-0.1, -0.05) is 6.07 Å². The van der Waals surface area contributed by atoms with Gasteiger partial charge in [0.15, 0.2) is 0 Å². The van der Waals surface area contributed by atoms with Crippen molar-refractivity contribution in [1.29, 1.82) is 0 Å². The molecule has 1 N–H and O–H groups in total. The number of fused-ring (bicyclic) bond motifs is 1. The Labute approximate surface area is 156 Å². The molecule has 5 nitrogen and oxygen atoms in total. The molecule has 2 fully saturated rings. The van der Waals surface area contributed by atoms with Crippen molar-refractivity contribution in [3.05, 3.63) is 28.8 Å². The van der Waals surface area contributed by atoms with Crippen LogP contribution in [0.2, 0.25) is 0 Å². The topological polar surface area (TPSA) is 45.2 Å². The molecule has 0 radical (unpaired) electrons. The van der Waals surface area contributed by atoms with Crippen LogP contribution in [0.1, 0.15) is 23.1 Å². The van der Waals surface area contributed by atoms with Gasteiger partial charge in [0.05, 0.1) is 20.3 Å². The molecule has 0 aromatic heterocycles. The SMILES string of the molecule is COc1cc2c(cc1CN1C[C@@H](CN3CCOCC3)[C@@H](CO)C1)CCC2. The maximum atomic E-state index is 9.88. The molecule has 1 aromatic carbocycles. The summed E-state index contributed by atoms with van der Waals surface area (Å²) < 4.78 is 11.1. The first kappa shape index (κ1) is 18.2. The van der Waals surface area contributed by atoms with Crippen LogP contribution in [0.15, 0.2) is 12.1 Å². The van der Waals surface area contributed by atoms with Gasteiger partial charge in [-0.05, 0) is 48.3 Å². The van der Waals surface area contributed by atoms with Crippen molar-refractivity contribution in [2.45, 2.75) is 25.8 Å². The minimum atomic E-state index is 0.285. The number of ether oxygens (including phenoxy) is 2. The Morgan fingerprint density at radius 2 is 1.81 bits per heavy atom. The summed E-state index contributed by atoms with van der Waals surface area (Å²) in [6.07, 6.45) is 3.65. The Hall–Kier alpha value is -1.14. The van der Waals surface area contributed by atoms with E-state index in [2.05, 4.69) is 21.9 Å². The standard InChI is InChI=1S/C21H32N2O3/c1-25-21-10-17-4-2-3-16(17)9-18(21)11-23-13-19(20(14-23)15-24)12-22-5-7-26-8-6-22/h9-10,19-20,24H,2-8,11-15H2,1H3/t19-,20-/m1/s1. The summed E-state index contributed by atoms with van der Waals surface area (Å²) in [7, 11) is 1.78. The van der Waals surface area contributed by atoms with Crippen molar-refractivity contribution in [2.24, 2.45) is 11.8 Å². The second kappa shape index (κ2) is 8.26. The number of aryl methyl sites for hydroxylation is 2. The fourth-order valence-electron chi connectivity index (χ4n) is 4.90. The van der Waals surface area contributed by atoms with E-state index in [0.29, 0.717) is 11.8 Å². The molecule has 4 rings (SSSR count). The molecule has 0 spiro atoms. The second-order valence-electron chi connectivity index (χ2n) is 8.10. The summed E-state index contributed by atoms with van der Waals surface area (Å²) in [4.78, 5) is 5.00. The Kier molecular flexibility index (Phi) is 5.79. The van der Waals surface area contributed by atoms with E-state index in [-0.39, 0.29) is 6.61 Å². The Bertz CT molecular complexity index is 616. The van der Waals surface area contributed by atoms with E-state index < -0.39 is 0 Å². The first-order chi connectivity index (χ1) is 12.8. The molecule has 0 unspecified atom stereocenters. The molecule has 5 heteroatoms. The van der Waals surface area contributed by atoms with Crippen molar-refractivity contribution >= 4 is 0 Å². The van der Waals surface area contributed by atoms with Gasteiger partial charge in [-0.3, -0.25) is 9.80 Å². The predicted octanol–water partition coefficient (Wildman–Crippen LogP) is 1.56. The van der Waals surface area contributed by atoms with Crippen molar-refractivity contribution in [2.75, 3.05) is 59.7 Å². The van der Waals surface area contributed by atoms with E-state index in [1.807, 2.05) is 0 Å². The van der Waals surface area contributed by atoms with Gasteiger partial charge in [0.25, 0.3) is 0 Å². The van der Waals surface area contributed by atoms with Crippen LogP contribution in [0.3, 0.4) is 0 Å². The van der Waals surface area contributed by atoms with Crippen LogP contribution in [0.4, 0.5) is 0 Å². The number of nitrogens with zero attached hydrogens (tertiary/aromatic N) is 2. The molecular formula is C21H32N2O3. The number of aliphatic hydroxyl groups is 1. The van der Waals surface area contributed by atoms with Crippen LogP contribution >= 0.6 is 0 Å². The number of morpholine rings is 1. The maximum absolute atomic E-state index is 9.88. The molecule has 0 bridgehead atoms. The van der Waals surface area contributed by atoms with Gasteiger partial charge in [0.1, 0.15) is 5.75 Å². The average Bonchev–Trinajstić information content (AvgIpc) is 3.28. The number of hydrogen-bond acceptors (Lipinski definition) is 5. The van der Waals surface area contributed by atoms with Gasteiger partial charge in [-0.25, -0.2) is 0 Å². The molecule has 2 aliphatic heterocycles. The summed E-state index contributed by atoms with van der Waals surface area (Å²) in [6.45, 7) is 8.04. The maximum Gasteiger partial charge on any atom is 0.123 e. The van der Waals surface area contributed by atoms with Crippen LogP contribution in [0.25, 0.3) is 0 Å². The molecule has 2 atom stereocenters. The quantitative estimate of drug-likeness (QED) is 0.834. The fraction of sp³-hybridized carbons (Fsp3) is 0.714. The number of hydrogen-bond donors (Lipinski definition) is 1. The number of methoxy groups -OCH3 is 1. The molecule has 2 heterocycles. The van der Waals surface area contributed by atoms with Crippen LogP contribution in [0, 0.1) is 11.8 Å². The highest BCUT2D eigenvalue weighted by molar-refractivity contribution is 5.44. The molecule has 3 aliphatic rings. The number of rotatable bonds is 6. The molecule has 1 aliphatic carbocycles. The zero-order valence-electron chi connectivity index (χ0n) is 16.0. The number of benzene rings is 1.